The van der Waals surface area contributed by atoms with Gasteiger partial charge in [-0.05, 0) is 47.9 Å². The number of nitrogens with one attached hydrogen (secondary N) is 4. The van der Waals surface area contributed by atoms with Gasteiger partial charge < -0.3 is 26.4 Å². The predicted molar refractivity (Wildman–Crippen MR) is 162 cm³/mol. The Labute approximate surface area is 251 Å². The van der Waals surface area contributed by atoms with Gasteiger partial charge in [-0.25, -0.2) is 4.98 Å². The van der Waals surface area contributed by atoms with E-state index in [1.165, 1.54) is 18.6 Å². The van der Waals surface area contributed by atoms with Crippen molar-refractivity contribution >= 4 is 34.4 Å². The number of fused-ring (bicyclic) bond motifs is 1. The number of hydrogen-bond donors (Lipinski definition) is 5. The lowest BCUT2D eigenvalue weighted by Crippen LogP contribution is -2.56. The summed E-state index contributed by atoms with van der Waals surface area (Å²) in [5.74, 6) is -1.88. The molecule has 4 rings (SSSR count). The number of hydrogen-bond acceptors (Lipinski definition) is 7. The zero-order valence-electron chi connectivity index (χ0n) is 24.6. The summed E-state index contributed by atoms with van der Waals surface area (Å²) in [4.78, 5) is 60.6. The smallest absolute Gasteiger partial charge is 0.272 e. The number of carbonyl (C=O) groups excluding carboxylic acids is 4. The maximum absolute atomic E-state index is 13.8. The molecule has 1 aliphatic rings. The number of benzene rings is 2. The SMILES string of the molecule is CC(C)C[C@H](NC(=O)C(Cc1cccc2ccccc12)NC(=O)c1cnccn1)C(=O)N[C@H](CO)C[C@@H]1CCCNC1=O. The van der Waals surface area contributed by atoms with Crippen LogP contribution in [0.2, 0.25) is 0 Å². The minimum absolute atomic E-state index is 0.0541. The van der Waals surface area contributed by atoms with Crippen molar-refractivity contribution < 1.29 is 24.3 Å². The number of aromatic nitrogens is 2. The Morgan fingerprint density at radius 3 is 2.49 bits per heavy atom. The number of aliphatic hydroxyl groups excluding tert-OH is 1. The van der Waals surface area contributed by atoms with Crippen LogP contribution in [0.4, 0.5) is 0 Å². The summed E-state index contributed by atoms with van der Waals surface area (Å²) >= 11 is 0. The highest BCUT2D eigenvalue weighted by molar-refractivity contribution is 5.97. The number of nitrogens with zero attached hydrogens (tertiary/aromatic N) is 2. The summed E-state index contributed by atoms with van der Waals surface area (Å²) in [5.41, 5.74) is 0.917. The Bertz CT molecular complexity index is 1410. The second kappa shape index (κ2) is 15.2. The summed E-state index contributed by atoms with van der Waals surface area (Å²) in [5, 5.41) is 23.2. The van der Waals surface area contributed by atoms with Crippen molar-refractivity contribution in [3.63, 3.8) is 0 Å². The Hall–Kier alpha value is -4.38. The molecule has 43 heavy (non-hydrogen) atoms. The first kappa shape index (κ1) is 31.6. The molecular formula is C32H40N6O5. The zero-order chi connectivity index (χ0) is 30.8. The fourth-order valence-corrected chi connectivity index (χ4v) is 5.41. The zero-order valence-corrected chi connectivity index (χ0v) is 24.6. The van der Waals surface area contributed by atoms with Gasteiger partial charge in [0.25, 0.3) is 5.91 Å². The first-order valence-corrected chi connectivity index (χ1v) is 14.8. The van der Waals surface area contributed by atoms with Crippen LogP contribution < -0.4 is 21.3 Å². The fourth-order valence-electron chi connectivity index (χ4n) is 5.41. The Balaban J connectivity index is 1.53. The maximum Gasteiger partial charge on any atom is 0.272 e. The summed E-state index contributed by atoms with van der Waals surface area (Å²) in [7, 11) is 0. The third kappa shape index (κ3) is 8.81. The average Bonchev–Trinajstić information content (AvgIpc) is 3.01. The number of piperidine rings is 1. The van der Waals surface area contributed by atoms with Gasteiger partial charge in [-0.2, -0.15) is 0 Å². The highest BCUT2D eigenvalue weighted by atomic mass is 16.3. The molecule has 3 aromatic rings. The molecule has 11 nitrogen and oxygen atoms in total. The van der Waals surface area contributed by atoms with Crippen molar-refractivity contribution in [2.75, 3.05) is 13.2 Å². The van der Waals surface area contributed by atoms with Crippen molar-refractivity contribution in [1.29, 1.82) is 0 Å². The van der Waals surface area contributed by atoms with Gasteiger partial charge in [-0.3, -0.25) is 24.2 Å². The molecule has 5 N–H and O–H groups in total. The molecule has 2 aromatic carbocycles. The van der Waals surface area contributed by atoms with Gasteiger partial charge >= 0.3 is 0 Å². The molecule has 2 heterocycles. The van der Waals surface area contributed by atoms with Gasteiger partial charge in [-0.1, -0.05) is 56.3 Å². The van der Waals surface area contributed by atoms with E-state index >= 15 is 0 Å². The van der Waals surface area contributed by atoms with Crippen LogP contribution in [0.3, 0.4) is 0 Å². The molecule has 1 aliphatic heterocycles. The second-order valence-corrected chi connectivity index (χ2v) is 11.4. The molecule has 1 unspecified atom stereocenters. The average molecular weight is 589 g/mol. The van der Waals surface area contributed by atoms with E-state index in [9.17, 15) is 24.3 Å². The maximum atomic E-state index is 13.8. The van der Waals surface area contributed by atoms with Crippen LogP contribution in [0.5, 0.6) is 0 Å². The van der Waals surface area contributed by atoms with Gasteiger partial charge in [0, 0.05) is 31.3 Å². The number of rotatable bonds is 13. The lowest BCUT2D eigenvalue weighted by Gasteiger charge is -2.28. The Morgan fingerprint density at radius 2 is 1.77 bits per heavy atom. The molecule has 0 radical (unpaired) electrons. The highest BCUT2D eigenvalue weighted by Crippen LogP contribution is 2.21. The number of carbonyl (C=O) groups is 4. The van der Waals surface area contributed by atoms with Crippen molar-refractivity contribution in [3.8, 4) is 0 Å². The van der Waals surface area contributed by atoms with Crippen LogP contribution in [0.1, 0.15) is 55.6 Å². The molecular weight excluding hydrogens is 548 g/mol. The predicted octanol–water partition coefficient (Wildman–Crippen LogP) is 1.90. The molecule has 228 valence electrons. The first-order chi connectivity index (χ1) is 20.7. The molecule has 4 amide bonds. The van der Waals surface area contributed by atoms with Crippen LogP contribution in [-0.4, -0.2) is 70.0 Å². The summed E-state index contributed by atoms with van der Waals surface area (Å²) < 4.78 is 0. The monoisotopic (exact) mass is 588 g/mol. The van der Waals surface area contributed by atoms with Gasteiger partial charge in [0.15, 0.2) is 0 Å². The molecule has 1 fully saturated rings. The van der Waals surface area contributed by atoms with Crippen LogP contribution in [0.25, 0.3) is 10.8 Å². The summed E-state index contributed by atoms with van der Waals surface area (Å²) in [6, 6.07) is 11.0. The lowest BCUT2D eigenvalue weighted by molar-refractivity contribution is -0.131. The highest BCUT2D eigenvalue weighted by Gasteiger charge is 2.31. The molecule has 4 atom stereocenters. The minimum Gasteiger partial charge on any atom is -0.394 e. The third-order valence-electron chi connectivity index (χ3n) is 7.60. The second-order valence-electron chi connectivity index (χ2n) is 11.4. The van der Waals surface area contributed by atoms with Crippen molar-refractivity contribution in [2.24, 2.45) is 11.8 Å². The van der Waals surface area contributed by atoms with Crippen LogP contribution in [0, 0.1) is 11.8 Å². The van der Waals surface area contributed by atoms with E-state index in [0.29, 0.717) is 25.8 Å². The molecule has 1 saturated heterocycles. The normalized spacial score (nSPS) is 17.0. The van der Waals surface area contributed by atoms with E-state index in [2.05, 4.69) is 31.2 Å². The van der Waals surface area contributed by atoms with Gasteiger partial charge in [0.2, 0.25) is 17.7 Å². The van der Waals surface area contributed by atoms with Crippen LogP contribution in [-0.2, 0) is 20.8 Å². The van der Waals surface area contributed by atoms with Gasteiger partial charge in [-0.15, -0.1) is 0 Å². The minimum atomic E-state index is -1.03. The van der Waals surface area contributed by atoms with Gasteiger partial charge in [0.1, 0.15) is 17.8 Å². The molecule has 1 aromatic heterocycles. The topological polar surface area (TPSA) is 162 Å². The third-order valence-corrected chi connectivity index (χ3v) is 7.60. The Kier molecular flexibility index (Phi) is 11.2. The molecule has 0 spiro atoms. The summed E-state index contributed by atoms with van der Waals surface area (Å²) in [6.07, 6.45) is 6.49. The van der Waals surface area contributed by atoms with Crippen molar-refractivity contribution in [1.82, 2.24) is 31.2 Å². The molecule has 0 saturated carbocycles. The van der Waals surface area contributed by atoms with Gasteiger partial charge in [0.05, 0.1) is 18.8 Å². The van der Waals surface area contributed by atoms with Crippen molar-refractivity contribution in [2.45, 2.75) is 64.1 Å². The quantitative estimate of drug-likeness (QED) is 0.204. The first-order valence-electron chi connectivity index (χ1n) is 14.8. The molecule has 11 heteroatoms. The number of aliphatic hydroxyl groups is 1. The van der Waals surface area contributed by atoms with Crippen LogP contribution in [0.15, 0.2) is 61.1 Å². The van der Waals surface area contributed by atoms with Crippen LogP contribution >= 0.6 is 0 Å². The molecule has 0 aliphatic carbocycles. The van der Waals surface area contributed by atoms with E-state index in [1.807, 2.05) is 56.3 Å². The van der Waals surface area contributed by atoms with E-state index in [1.54, 1.807) is 0 Å². The summed E-state index contributed by atoms with van der Waals surface area (Å²) in [6.45, 7) is 4.16. The number of amides is 4. The largest absolute Gasteiger partial charge is 0.394 e. The Morgan fingerprint density at radius 1 is 1.00 bits per heavy atom. The van der Waals surface area contributed by atoms with E-state index in [0.717, 1.165) is 22.8 Å². The van der Waals surface area contributed by atoms with E-state index in [-0.39, 0.29) is 36.5 Å². The van der Waals surface area contributed by atoms with Crippen molar-refractivity contribution in [3.05, 3.63) is 72.3 Å². The fraction of sp³-hybridized carbons (Fsp3) is 0.438. The van der Waals surface area contributed by atoms with E-state index < -0.39 is 35.8 Å². The molecule has 0 bridgehead atoms. The standard InChI is InChI=1S/C32H40N6O5/c1-20(2)15-26(30(41)36-24(19-39)16-23-10-6-12-35-29(23)40)37-31(42)27(38-32(43)28-18-33-13-14-34-28)17-22-9-5-8-21-7-3-4-11-25(21)22/h3-5,7-9,11,13-14,18,20,23-24,26-27,39H,6,10,12,15-17,19H2,1-2H3,(H,35,40)(H,36,41)(H,37,42)(H,38,43)/t23-,24-,26-,27?/m0/s1. The lowest BCUT2D eigenvalue weighted by atomic mass is 9.91. The van der Waals surface area contributed by atoms with E-state index in [4.69, 9.17) is 0 Å².